The average molecular weight is 1050 g/mol. The van der Waals surface area contributed by atoms with Crippen LogP contribution in [0.25, 0.3) is 33.1 Å². The zero-order valence-electron chi connectivity index (χ0n) is 32.6. The van der Waals surface area contributed by atoms with Crippen LogP contribution in [0.2, 0.25) is 0 Å². The molecule has 0 saturated carbocycles. The molecule has 0 aliphatic heterocycles. The van der Waals surface area contributed by atoms with Gasteiger partial charge in [0.25, 0.3) is 5.97 Å². The maximum atomic E-state index is 9.75. The molecule has 5 aromatic heterocycles. The number of alkyl halides is 2. The Balaban J connectivity index is -0.000000654. The number of carbonyl (C=O) groups is 1. The molecule has 9 nitrogen and oxygen atoms in total. The van der Waals surface area contributed by atoms with Gasteiger partial charge in [-0.05, 0) is 71.8 Å². The van der Waals surface area contributed by atoms with Gasteiger partial charge in [-0.3, -0.25) is 29.7 Å². The summed E-state index contributed by atoms with van der Waals surface area (Å²) in [5, 5.41) is 16.0. The van der Waals surface area contributed by atoms with E-state index in [1.54, 1.807) is 63.7 Å². The molecular weight excluding hydrogens is 1010 g/mol. The van der Waals surface area contributed by atoms with Gasteiger partial charge in [0.2, 0.25) is 0 Å². The van der Waals surface area contributed by atoms with Crippen LogP contribution in [-0.4, -0.2) is 62.7 Å². The number of aliphatic carboxylic acids is 1. The van der Waals surface area contributed by atoms with E-state index in [1.807, 2.05) is 140 Å². The van der Waals surface area contributed by atoms with Crippen LogP contribution >= 0.6 is 23.2 Å². The van der Waals surface area contributed by atoms with Crippen LogP contribution in [-0.2, 0) is 45.6 Å². The molecule has 0 radical (unpaired) electrons. The van der Waals surface area contributed by atoms with E-state index in [2.05, 4.69) is 35.6 Å². The summed E-state index contributed by atoms with van der Waals surface area (Å²) in [5.41, 5.74) is 6.05. The van der Waals surface area contributed by atoms with Crippen LogP contribution in [0.4, 0.5) is 28.6 Å². The minimum absolute atomic E-state index is 0. The molecule has 1 N–H and O–H groups in total. The fourth-order valence-corrected chi connectivity index (χ4v) is 3.75. The van der Waals surface area contributed by atoms with Crippen molar-refractivity contribution in [3.63, 3.8) is 0 Å². The standard InChI is InChI=1S/2C12H11N2.3C5H5N.C2H4O2.CH2Cl2.BF4.2Pd/c2*1-13-11-7-3-2-6-10(11)12-8-4-5-9-14-12;3*1-2-4-6-5-3-1;1-2(3)4;2-1-3;2-1(3,4)5;;/h2*2-9H,1H3;3*1-5H;1H3,(H,3,4);1H2;;;/q2*-1;;;;;;-1;;. The second-order valence-electron chi connectivity index (χ2n) is 10.1. The minimum Gasteiger partial charge on any atom is -0.686 e. The molecule has 0 unspecified atom stereocenters. The van der Waals surface area contributed by atoms with Gasteiger partial charge >= 0.3 is 7.25 Å². The first-order valence-electron chi connectivity index (χ1n) is 16.9. The van der Waals surface area contributed by atoms with Gasteiger partial charge in [-0.15, -0.1) is 48.7 Å². The molecule has 7 rings (SSSR count). The van der Waals surface area contributed by atoms with E-state index in [0.717, 1.165) is 40.8 Å². The van der Waals surface area contributed by atoms with Crippen molar-refractivity contribution in [3.8, 4) is 22.5 Å². The fraction of sp³-hybridized carbons (Fsp3) is 0.0952. The molecule has 0 amide bonds. The molecule has 2 aromatic carbocycles. The molecule has 0 aliphatic rings. The number of benzene rings is 2. The Morgan fingerprint density at radius 1 is 0.517 bits per heavy atom. The van der Waals surface area contributed by atoms with Crippen molar-refractivity contribution in [1.29, 1.82) is 0 Å². The van der Waals surface area contributed by atoms with Crippen LogP contribution in [0.3, 0.4) is 0 Å². The summed E-state index contributed by atoms with van der Waals surface area (Å²) < 4.78 is 39.0. The number of halogens is 6. The van der Waals surface area contributed by atoms with Gasteiger partial charge < -0.3 is 33.0 Å². The number of carboxylic acids is 1. The number of aromatic nitrogens is 5. The predicted molar refractivity (Wildman–Crippen MR) is 230 cm³/mol. The first-order chi connectivity index (χ1) is 28.0. The van der Waals surface area contributed by atoms with E-state index >= 15 is 0 Å². The largest absolute Gasteiger partial charge is 0.686 e. The Labute approximate surface area is 386 Å². The number of rotatable bonds is 4. The van der Waals surface area contributed by atoms with Crippen molar-refractivity contribution >= 4 is 47.8 Å². The van der Waals surface area contributed by atoms with Crippen LogP contribution < -0.4 is 0 Å². The maximum absolute atomic E-state index is 9.75. The SMILES string of the molecule is CC(=O)O.C[N-]c1ccccc1-c1ccccn1.C[N-]c1ccccc1-c1ccccn1.ClCCl.F[B-](F)(F)F.[Pd].[Pd].c1ccncc1.c1ccncc1.c1ccncc1. The van der Waals surface area contributed by atoms with Gasteiger partial charge in [-0.25, -0.2) is 0 Å². The molecule has 0 spiro atoms. The smallest absolute Gasteiger partial charge is 0.673 e. The number of carboxylic acid groups (broad SMARTS) is 1. The normalized spacial score (nSPS) is 8.68. The van der Waals surface area contributed by atoms with Crippen LogP contribution in [0, 0.1) is 0 Å². The number of nitrogens with zero attached hydrogens (tertiary/aromatic N) is 7. The Morgan fingerprint density at radius 3 is 0.933 bits per heavy atom. The van der Waals surface area contributed by atoms with Crippen molar-refractivity contribution in [2.24, 2.45) is 0 Å². The van der Waals surface area contributed by atoms with Crippen molar-refractivity contribution in [2.45, 2.75) is 6.92 Å². The van der Waals surface area contributed by atoms with E-state index in [1.165, 1.54) is 0 Å². The minimum atomic E-state index is -6.00. The molecule has 60 heavy (non-hydrogen) atoms. The molecule has 5 heterocycles. The Morgan fingerprint density at radius 2 is 0.750 bits per heavy atom. The van der Waals surface area contributed by atoms with Crippen molar-refractivity contribution in [3.05, 3.63) is 200 Å². The Hall–Kier alpha value is -5.05. The summed E-state index contributed by atoms with van der Waals surface area (Å²) in [6.07, 6.45) is 14.1. The van der Waals surface area contributed by atoms with Crippen molar-refractivity contribution in [1.82, 2.24) is 24.9 Å². The zero-order valence-corrected chi connectivity index (χ0v) is 37.2. The predicted octanol–water partition coefficient (Wildman–Crippen LogP) is 12.8. The van der Waals surface area contributed by atoms with Gasteiger partial charge in [0.15, 0.2) is 0 Å². The average Bonchev–Trinajstić information content (AvgIpc) is 3.26. The fourth-order valence-electron chi connectivity index (χ4n) is 3.75. The molecule has 0 saturated heterocycles. The van der Waals surface area contributed by atoms with E-state index in [-0.39, 0.29) is 46.2 Å². The molecule has 0 fully saturated rings. The molecular formula is C42H43BCl2F4N7O2Pd2-3. The summed E-state index contributed by atoms with van der Waals surface area (Å²) in [6, 6.07) is 44.9. The molecule has 326 valence electrons. The van der Waals surface area contributed by atoms with E-state index in [4.69, 9.17) is 33.1 Å². The maximum Gasteiger partial charge on any atom is 0.673 e. The third-order valence-electron chi connectivity index (χ3n) is 5.87. The third-order valence-corrected chi connectivity index (χ3v) is 5.87. The van der Waals surface area contributed by atoms with Gasteiger partial charge in [0.1, 0.15) is 0 Å². The summed E-state index contributed by atoms with van der Waals surface area (Å²) in [6.45, 7) is 1.08. The monoisotopic (exact) mass is 1050 g/mol. The Kier molecular flexibility index (Phi) is 40.2. The number of hydrogen-bond donors (Lipinski definition) is 1. The van der Waals surface area contributed by atoms with Gasteiger partial charge in [-0.2, -0.15) is 0 Å². The topological polar surface area (TPSA) is 130 Å². The Bertz CT molecular complexity index is 1720. The van der Waals surface area contributed by atoms with Crippen LogP contribution in [0.1, 0.15) is 6.92 Å². The molecule has 0 bridgehead atoms. The summed E-state index contributed by atoms with van der Waals surface area (Å²) in [4.78, 5) is 28.9. The molecule has 0 aliphatic carbocycles. The number of para-hydroxylation sites is 2. The first-order valence-corrected chi connectivity index (χ1v) is 18.0. The molecule has 7 aromatic rings. The van der Waals surface area contributed by atoms with Gasteiger partial charge in [0.05, 0.1) is 16.7 Å². The van der Waals surface area contributed by atoms with Crippen LogP contribution in [0.15, 0.2) is 189 Å². The molecule has 0 atom stereocenters. The first kappa shape index (κ1) is 59.3. The quantitative estimate of drug-likeness (QED) is 0.106. The summed E-state index contributed by atoms with van der Waals surface area (Å²) in [7, 11) is -2.41. The number of pyridine rings is 5. The number of hydrogen-bond acceptors (Lipinski definition) is 6. The molecule has 18 heteroatoms. The zero-order chi connectivity index (χ0) is 43.1. The summed E-state index contributed by atoms with van der Waals surface area (Å²) in [5.74, 6) is -0.833. The second-order valence-corrected chi connectivity index (χ2v) is 10.9. The van der Waals surface area contributed by atoms with E-state index in [9.17, 15) is 17.3 Å². The second kappa shape index (κ2) is 40.7. The van der Waals surface area contributed by atoms with Crippen molar-refractivity contribution < 1.29 is 68.0 Å². The van der Waals surface area contributed by atoms with Gasteiger partial charge in [-0.1, -0.05) is 78.9 Å². The third kappa shape index (κ3) is 36.1. The van der Waals surface area contributed by atoms with Crippen molar-refractivity contribution in [2.75, 3.05) is 19.4 Å². The van der Waals surface area contributed by atoms with E-state index in [0.29, 0.717) is 0 Å². The van der Waals surface area contributed by atoms with Gasteiger partial charge in [0, 0.05) is 97.3 Å². The van der Waals surface area contributed by atoms with E-state index < -0.39 is 13.2 Å². The summed E-state index contributed by atoms with van der Waals surface area (Å²) >= 11 is 9.53. The van der Waals surface area contributed by atoms with Crippen LogP contribution in [0.5, 0.6) is 0 Å².